The number of Topliss-reactive ketones (excluding diaryl/α,β-unsaturated/α-hetero) is 1. The van der Waals surface area contributed by atoms with E-state index >= 15 is 0 Å². The molecular weight excluding hydrogens is 304 g/mol. The zero-order chi connectivity index (χ0) is 18.2. The molecule has 0 amide bonds. The molecule has 1 rings (SSSR count). The van der Waals surface area contributed by atoms with Gasteiger partial charge in [0.2, 0.25) is 0 Å². The fourth-order valence-electron chi connectivity index (χ4n) is 3.01. The van der Waals surface area contributed by atoms with Crippen molar-refractivity contribution < 1.29 is 19.7 Å². The summed E-state index contributed by atoms with van der Waals surface area (Å²) in [4.78, 5) is 12.1. The number of carbonyl (C=O) groups excluding carboxylic acids is 1. The smallest absolute Gasteiger partial charge is 0.139 e. The molecule has 0 bridgehead atoms. The minimum Gasteiger partial charge on any atom is -0.392 e. The van der Waals surface area contributed by atoms with Gasteiger partial charge in [0.1, 0.15) is 5.78 Å². The van der Waals surface area contributed by atoms with Gasteiger partial charge >= 0.3 is 0 Å². The van der Waals surface area contributed by atoms with Crippen LogP contribution in [0.2, 0.25) is 0 Å². The lowest BCUT2D eigenvalue weighted by Gasteiger charge is -2.33. The number of ketones is 1. The highest BCUT2D eigenvalue weighted by molar-refractivity contribution is 5.82. The van der Waals surface area contributed by atoms with Crippen LogP contribution >= 0.6 is 0 Å². The van der Waals surface area contributed by atoms with Crippen LogP contribution in [0.5, 0.6) is 0 Å². The second kappa shape index (κ2) is 10.1. The van der Waals surface area contributed by atoms with Gasteiger partial charge in [-0.15, -0.1) is 0 Å². The topological polar surface area (TPSA) is 66.8 Å². The van der Waals surface area contributed by atoms with Crippen LogP contribution in [0.15, 0.2) is 23.3 Å². The summed E-state index contributed by atoms with van der Waals surface area (Å²) < 4.78 is 5.97. The van der Waals surface area contributed by atoms with Crippen molar-refractivity contribution in [2.24, 2.45) is 5.92 Å². The van der Waals surface area contributed by atoms with Crippen LogP contribution in [0, 0.1) is 5.92 Å². The van der Waals surface area contributed by atoms with Gasteiger partial charge in [-0.3, -0.25) is 4.79 Å². The van der Waals surface area contributed by atoms with E-state index in [1.54, 1.807) is 6.08 Å². The number of rotatable bonds is 8. The average Bonchev–Trinajstić information content (AvgIpc) is 2.66. The zero-order valence-electron chi connectivity index (χ0n) is 15.7. The van der Waals surface area contributed by atoms with Gasteiger partial charge in [0, 0.05) is 12.3 Å². The minimum absolute atomic E-state index is 0.0107. The van der Waals surface area contributed by atoms with Crippen molar-refractivity contribution in [1.82, 2.24) is 0 Å². The summed E-state index contributed by atoms with van der Waals surface area (Å²) >= 11 is 0. The third-order valence-corrected chi connectivity index (χ3v) is 4.98. The Hall–Kier alpha value is -0.970. The number of allylic oxidation sites excluding steroid dienone is 2. The lowest BCUT2D eigenvalue weighted by molar-refractivity contribution is -0.122. The fourth-order valence-corrected chi connectivity index (χ4v) is 3.01. The Bertz CT molecular complexity index is 462. The minimum atomic E-state index is -0.576. The second-order valence-corrected chi connectivity index (χ2v) is 7.45. The Morgan fingerprint density at radius 2 is 2.17 bits per heavy atom. The van der Waals surface area contributed by atoms with Gasteiger partial charge in [-0.05, 0) is 58.4 Å². The van der Waals surface area contributed by atoms with Crippen molar-refractivity contribution in [2.75, 3.05) is 13.2 Å². The molecule has 138 valence electrons. The number of carbonyl (C=O) groups is 1. The summed E-state index contributed by atoms with van der Waals surface area (Å²) in [6.45, 7) is 8.41. The lowest BCUT2D eigenvalue weighted by atomic mass is 9.87. The quantitative estimate of drug-likeness (QED) is 0.664. The fraction of sp³-hybridized carbons (Fsp3) is 0.750. The molecule has 3 atom stereocenters. The Labute approximate surface area is 146 Å². The number of aliphatic hydroxyl groups is 2. The average molecular weight is 338 g/mol. The van der Waals surface area contributed by atoms with Gasteiger partial charge in [0.15, 0.2) is 0 Å². The van der Waals surface area contributed by atoms with Crippen LogP contribution < -0.4 is 0 Å². The maximum Gasteiger partial charge on any atom is 0.139 e. The molecule has 0 aromatic heterocycles. The molecule has 4 heteroatoms. The molecule has 4 nitrogen and oxygen atoms in total. The van der Waals surface area contributed by atoms with E-state index in [1.807, 2.05) is 33.8 Å². The maximum absolute atomic E-state index is 12.1. The van der Waals surface area contributed by atoms with E-state index in [2.05, 4.69) is 0 Å². The van der Waals surface area contributed by atoms with Gasteiger partial charge in [-0.2, -0.15) is 0 Å². The molecule has 1 fully saturated rings. The summed E-state index contributed by atoms with van der Waals surface area (Å²) in [7, 11) is 0. The van der Waals surface area contributed by atoms with E-state index in [0.29, 0.717) is 19.4 Å². The number of hydrogen-bond donors (Lipinski definition) is 2. The first kappa shape index (κ1) is 21.1. The van der Waals surface area contributed by atoms with Crippen molar-refractivity contribution in [1.29, 1.82) is 0 Å². The van der Waals surface area contributed by atoms with Crippen LogP contribution in [0.4, 0.5) is 0 Å². The molecule has 1 heterocycles. The predicted octanol–water partition coefficient (Wildman–Crippen LogP) is 3.57. The predicted molar refractivity (Wildman–Crippen MR) is 96.8 cm³/mol. The number of aliphatic hydroxyl groups excluding tert-OH is 2. The van der Waals surface area contributed by atoms with Crippen molar-refractivity contribution in [3.63, 3.8) is 0 Å². The van der Waals surface area contributed by atoms with Gasteiger partial charge in [-0.25, -0.2) is 0 Å². The molecule has 0 aliphatic carbocycles. The molecule has 1 unspecified atom stereocenters. The normalized spacial score (nSPS) is 27.6. The standard InChI is InChI=1S/C20H34O4/c1-15(2)7-9-18(22)16(3)6-5-12-20(4)19(23)10-8-17(11-13-21)14-24-20/h7,11,16,19,21,23H,5-6,8-10,12-14H2,1-4H3/t16?,19-,20+/m1/s1. The van der Waals surface area contributed by atoms with Gasteiger partial charge < -0.3 is 14.9 Å². The van der Waals surface area contributed by atoms with Gasteiger partial charge in [-0.1, -0.05) is 24.6 Å². The molecule has 1 aliphatic rings. The summed E-state index contributed by atoms with van der Waals surface area (Å²) in [6.07, 6.45) is 7.56. The highest BCUT2D eigenvalue weighted by Gasteiger charge is 2.35. The van der Waals surface area contributed by atoms with E-state index < -0.39 is 11.7 Å². The summed E-state index contributed by atoms with van der Waals surface area (Å²) in [6, 6.07) is 0. The molecule has 0 spiro atoms. The largest absolute Gasteiger partial charge is 0.392 e. The summed E-state index contributed by atoms with van der Waals surface area (Å²) in [5.74, 6) is 0.314. The summed E-state index contributed by atoms with van der Waals surface area (Å²) in [5, 5.41) is 19.4. The van der Waals surface area contributed by atoms with E-state index in [1.165, 1.54) is 5.57 Å². The molecule has 0 saturated carbocycles. The lowest BCUT2D eigenvalue weighted by Crippen LogP contribution is -2.41. The third-order valence-electron chi connectivity index (χ3n) is 4.98. The molecule has 2 N–H and O–H groups in total. The first-order chi connectivity index (χ1) is 11.3. The highest BCUT2D eigenvalue weighted by Crippen LogP contribution is 2.31. The van der Waals surface area contributed by atoms with Crippen LogP contribution in [-0.2, 0) is 9.53 Å². The van der Waals surface area contributed by atoms with E-state index in [0.717, 1.165) is 31.3 Å². The van der Waals surface area contributed by atoms with E-state index in [-0.39, 0.29) is 18.3 Å². The summed E-state index contributed by atoms with van der Waals surface area (Å²) in [5.41, 5.74) is 1.64. The molecule has 0 aromatic carbocycles. The van der Waals surface area contributed by atoms with E-state index in [4.69, 9.17) is 9.84 Å². The zero-order valence-corrected chi connectivity index (χ0v) is 15.7. The van der Waals surface area contributed by atoms with Crippen LogP contribution in [0.1, 0.15) is 66.2 Å². The maximum atomic E-state index is 12.1. The van der Waals surface area contributed by atoms with Crippen LogP contribution in [0.3, 0.4) is 0 Å². The Morgan fingerprint density at radius 3 is 2.79 bits per heavy atom. The Balaban J connectivity index is 2.48. The van der Waals surface area contributed by atoms with Gasteiger partial charge in [0.25, 0.3) is 0 Å². The first-order valence-electron chi connectivity index (χ1n) is 9.05. The van der Waals surface area contributed by atoms with Crippen molar-refractivity contribution in [3.8, 4) is 0 Å². The van der Waals surface area contributed by atoms with Crippen LogP contribution in [0.25, 0.3) is 0 Å². The molecule has 1 saturated heterocycles. The Kier molecular flexibility index (Phi) is 8.88. The van der Waals surface area contributed by atoms with Crippen LogP contribution in [-0.4, -0.2) is 40.9 Å². The molecular formula is C20H34O4. The van der Waals surface area contributed by atoms with Crippen molar-refractivity contribution in [3.05, 3.63) is 23.3 Å². The van der Waals surface area contributed by atoms with E-state index in [9.17, 15) is 9.90 Å². The molecule has 0 radical (unpaired) electrons. The monoisotopic (exact) mass is 338 g/mol. The van der Waals surface area contributed by atoms with Crippen molar-refractivity contribution >= 4 is 5.78 Å². The second-order valence-electron chi connectivity index (χ2n) is 7.45. The number of hydrogen-bond acceptors (Lipinski definition) is 4. The Morgan fingerprint density at radius 1 is 1.46 bits per heavy atom. The highest BCUT2D eigenvalue weighted by atomic mass is 16.5. The van der Waals surface area contributed by atoms with Crippen molar-refractivity contribution in [2.45, 2.75) is 77.9 Å². The molecule has 24 heavy (non-hydrogen) atoms. The van der Waals surface area contributed by atoms with Gasteiger partial charge in [0.05, 0.1) is 24.9 Å². The first-order valence-corrected chi connectivity index (χ1v) is 9.05. The third kappa shape index (κ3) is 6.88. The molecule has 1 aliphatic heterocycles. The number of ether oxygens (including phenoxy) is 1. The SMILES string of the molecule is CC(C)=CCC(=O)C(C)CCC[C@]1(C)OCC(=CCO)CC[C@H]1O. The molecule has 0 aromatic rings.